The lowest BCUT2D eigenvalue weighted by atomic mass is 10.1. The molecule has 0 saturated carbocycles. The van der Waals surface area contributed by atoms with Crippen molar-refractivity contribution in [1.82, 2.24) is 9.55 Å². The summed E-state index contributed by atoms with van der Waals surface area (Å²) in [6.45, 7) is 1.87. The van der Waals surface area contributed by atoms with Gasteiger partial charge in [-0.25, -0.2) is 4.79 Å². The van der Waals surface area contributed by atoms with Crippen LogP contribution in [-0.2, 0) is 6.54 Å². The number of nitrogens with one attached hydrogen (secondary N) is 1. The number of carbonyl (C=O) groups is 1. The van der Waals surface area contributed by atoms with Crippen LogP contribution in [0.15, 0.2) is 46.1 Å². The predicted octanol–water partition coefficient (Wildman–Crippen LogP) is 1.12. The number of aromatic amines is 1. The molecule has 0 spiro atoms. The molecule has 19 heavy (non-hydrogen) atoms. The smallest absolute Gasteiger partial charge is 0.300 e. The van der Waals surface area contributed by atoms with Crippen molar-refractivity contribution in [3.63, 3.8) is 0 Å². The molecule has 1 heterocycles. The van der Waals surface area contributed by atoms with Crippen LogP contribution >= 0.6 is 0 Å². The Bertz CT molecular complexity index is 699. The normalized spacial score (nSPS) is 10.4. The van der Waals surface area contributed by atoms with Gasteiger partial charge in [-0.2, -0.15) is 0 Å². The fourth-order valence-electron chi connectivity index (χ4n) is 1.77. The van der Waals surface area contributed by atoms with Gasteiger partial charge in [-0.15, -0.1) is 0 Å². The van der Waals surface area contributed by atoms with Gasteiger partial charge in [0.05, 0.1) is 0 Å². The van der Waals surface area contributed by atoms with E-state index in [9.17, 15) is 14.4 Å². The Kier molecular flexibility index (Phi) is 3.75. The van der Waals surface area contributed by atoms with Crippen molar-refractivity contribution in [2.24, 2.45) is 0 Å². The van der Waals surface area contributed by atoms with Gasteiger partial charge in [0.25, 0.3) is 5.56 Å². The second kappa shape index (κ2) is 5.48. The number of hydrogen-bond acceptors (Lipinski definition) is 3. The lowest BCUT2D eigenvalue weighted by molar-refractivity contribution is 0.0976. The molecule has 0 unspecified atom stereocenters. The highest BCUT2D eigenvalue weighted by Crippen LogP contribution is 2.03. The third-order valence-electron chi connectivity index (χ3n) is 2.86. The van der Waals surface area contributed by atoms with Crippen LogP contribution < -0.4 is 11.2 Å². The molecule has 98 valence electrons. The maximum absolute atomic E-state index is 11.9. The Morgan fingerprint density at radius 1 is 1.21 bits per heavy atom. The number of carbonyl (C=O) groups excluding carboxylic acids is 1. The van der Waals surface area contributed by atoms with Gasteiger partial charge in [-0.1, -0.05) is 30.3 Å². The number of ketones is 1. The first-order valence-corrected chi connectivity index (χ1v) is 5.96. The summed E-state index contributed by atoms with van der Waals surface area (Å²) in [6, 6.07) is 8.91. The second-order valence-corrected chi connectivity index (χ2v) is 4.30. The fourth-order valence-corrected chi connectivity index (χ4v) is 1.77. The lowest BCUT2D eigenvalue weighted by Gasteiger charge is -2.05. The van der Waals surface area contributed by atoms with Crippen molar-refractivity contribution in [2.75, 3.05) is 0 Å². The molecular formula is C14H14N2O3. The van der Waals surface area contributed by atoms with Crippen molar-refractivity contribution in [1.29, 1.82) is 0 Å². The monoisotopic (exact) mass is 258 g/mol. The molecule has 1 N–H and O–H groups in total. The highest BCUT2D eigenvalue weighted by Gasteiger charge is 2.07. The third-order valence-corrected chi connectivity index (χ3v) is 2.86. The number of nitrogens with zero attached hydrogens (tertiary/aromatic N) is 1. The van der Waals surface area contributed by atoms with E-state index in [1.165, 1.54) is 10.8 Å². The van der Waals surface area contributed by atoms with Gasteiger partial charge >= 0.3 is 5.69 Å². The fraction of sp³-hybridized carbons (Fsp3) is 0.214. The zero-order valence-electron chi connectivity index (χ0n) is 10.6. The van der Waals surface area contributed by atoms with Crippen LogP contribution in [0.2, 0.25) is 0 Å². The van der Waals surface area contributed by atoms with E-state index in [0.717, 1.165) is 0 Å². The molecule has 0 fully saturated rings. The summed E-state index contributed by atoms with van der Waals surface area (Å²) in [6.07, 6.45) is 1.69. The van der Waals surface area contributed by atoms with Crippen molar-refractivity contribution in [3.8, 4) is 0 Å². The van der Waals surface area contributed by atoms with Crippen LogP contribution in [0.25, 0.3) is 0 Å². The highest BCUT2D eigenvalue weighted by molar-refractivity contribution is 5.95. The topological polar surface area (TPSA) is 71.9 Å². The Hall–Kier alpha value is -2.43. The van der Waals surface area contributed by atoms with E-state index in [1.54, 1.807) is 31.2 Å². The molecule has 2 rings (SSSR count). The summed E-state index contributed by atoms with van der Waals surface area (Å²) in [5, 5.41) is 0. The molecule has 0 bridgehead atoms. The Balaban J connectivity index is 2.12. The third kappa shape index (κ3) is 3.07. The minimum Gasteiger partial charge on any atom is -0.300 e. The van der Waals surface area contributed by atoms with Crippen LogP contribution in [0.3, 0.4) is 0 Å². The van der Waals surface area contributed by atoms with E-state index in [-0.39, 0.29) is 18.7 Å². The molecule has 0 amide bonds. The average Bonchev–Trinajstić information content (AvgIpc) is 2.42. The first kappa shape index (κ1) is 13.0. The molecule has 2 aromatic rings. The predicted molar refractivity (Wildman–Crippen MR) is 71.4 cm³/mol. The van der Waals surface area contributed by atoms with Gasteiger partial charge in [0.1, 0.15) is 0 Å². The summed E-state index contributed by atoms with van der Waals surface area (Å²) in [7, 11) is 0. The molecular weight excluding hydrogens is 244 g/mol. The van der Waals surface area contributed by atoms with E-state index >= 15 is 0 Å². The summed E-state index contributed by atoms with van der Waals surface area (Å²) >= 11 is 0. The van der Waals surface area contributed by atoms with Crippen molar-refractivity contribution < 1.29 is 4.79 Å². The summed E-state index contributed by atoms with van der Waals surface area (Å²) < 4.78 is 1.34. The number of hydrogen-bond donors (Lipinski definition) is 1. The molecule has 0 aliphatic heterocycles. The van der Waals surface area contributed by atoms with Crippen LogP contribution in [0.5, 0.6) is 0 Å². The quantitative estimate of drug-likeness (QED) is 0.835. The SMILES string of the molecule is Cc1cn(CCC(=O)c2ccccc2)c(=O)[nH]c1=O. The molecule has 0 radical (unpaired) electrons. The highest BCUT2D eigenvalue weighted by atomic mass is 16.2. The van der Waals surface area contributed by atoms with Crippen LogP contribution in [0.4, 0.5) is 0 Å². The van der Waals surface area contributed by atoms with Crippen LogP contribution in [-0.4, -0.2) is 15.3 Å². The van der Waals surface area contributed by atoms with E-state index < -0.39 is 11.2 Å². The maximum Gasteiger partial charge on any atom is 0.328 e. The standard InChI is InChI=1S/C14H14N2O3/c1-10-9-16(14(19)15-13(10)18)8-7-12(17)11-5-3-2-4-6-11/h2-6,9H,7-8H2,1H3,(H,15,18,19). The number of aryl methyl sites for hydroxylation is 2. The number of rotatable bonds is 4. The lowest BCUT2D eigenvalue weighted by Crippen LogP contribution is -2.31. The first-order chi connectivity index (χ1) is 9.08. The Morgan fingerprint density at radius 2 is 1.89 bits per heavy atom. The summed E-state index contributed by atoms with van der Waals surface area (Å²) in [4.78, 5) is 36.9. The van der Waals surface area contributed by atoms with E-state index in [4.69, 9.17) is 0 Å². The number of aromatic nitrogens is 2. The van der Waals surface area contributed by atoms with E-state index in [1.807, 2.05) is 6.07 Å². The minimum absolute atomic E-state index is 0.0312. The van der Waals surface area contributed by atoms with E-state index in [2.05, 4.69) is 4.98 Å². The second-order valence-electron chi connectivity index (χ2n) is 4.30. The molecule has 0 aliphatic carbocycles. The molecule has 0 aliphatic rings. The van der Waals surface area contributed by atoms with Gasteiger partial charge in [0.2, 0.25) is 0 Å². The minimum atomic E-state index is -0.489. The van der Waals surface area contributed by atoms with Gasteiger partial charge < -0.3 is 0 Å². The van der Waals surface area contributed by atoms with Crippen LogP contribution in [0, 0.1) is 6.92 Å². The summed E-state index contributed by atoms with van der Waals surface area (Å²) in [5.74, 6) is -0.0312. The van der Waals surface area contributed by atoms with Crippen molar-refractivity contribution >= 4 is 5.78 Å². The van der Waals surface area contributed by atoms with Gasteiger partial charge in [-0.3, -0.25) is 19.1 Å². The largest absolute Gasteiger partial charge is 0.328 e. The molecule has 5 heteroatoms. The molecule has 1 aromatic carbocycles. The molecule has 0 saturated heterocycles. The van der Waals surface area contributed by atoms with Crippen LogP contribution in [0.1, 0.15) is 22.3 Å². The number of benzene rings is 1. The Morgan fingerprint density at radius 3 is 2.58 bits per heavy atom. The first-order valence-electron chi connectivity index (χ1n) is 5.96. The zero-order valence-corrected chi connectivity index (χ0v) is 10.6. The number of Topliss-reactive ketones (excluding diaryl/α,β-unsaturated/α-hetero) is 1. The van der Waals surface area contributed by atoms with Crippen molar-refractivity contribution in [2.45, 2.75) is 19.9 Å². The van der Waals surface area contributed by atoms with Gasteiger partial charge in [0, 0.05) is 30.3 Å². The maximum atomic E-state index is 11.9. The number of H-pyrrole nitrogens is 1. The molecule has 1 aromatic heterocycles. The van der Waals surface area contributed by atoms with Crippen molar-refractivity contribution in [3.05, 3.63) is 68.5 Å². The Labute approximate surface area is 109 Å². The van der Waals surface area contributed by atoms with E-state index in [0.29, 0.717) is 11.1 Å². The molecule has 5 nitrogen and oxygen atoms in total. The van der Waals surface area contributed by atoms with Gasteiger partial charge in [0.15, 0.2) is 5.78 Å². The summed E-state index contributed by atoms with van der Waals surface area (Å²) in [5.41, 5.74) is 0.190. The molecule has 0 atom stereocenters. The van der Waals surface area contributed by atoms with Gasteiger partial charge in [-0.05, 0) is 6.92 Å². The average molecular weight is 258 g/mol. The zero-order chi connectivity index (χ0) is 13.8.